The third-order valence-electron chi connectivity index (χ3n) is 3.66. The maximum atomic E-state index is 10.2. The highest BCUT2D eigenvalue weighted by Gasteiger charge is 2.22. The Morgan fingerprint density at radius 3 is 2.39 bits per heavy atom. The number of aliphatic hydroxyl groups is 1. The summed E-state index contributed by atoms with van der Waals surface area (Å²) in [6, 6.07) is 8.26. The van der Waals surface area contributed by atoms with Gasteiger partial charge >= 0.3 is 0 Å². The first-order valence-corrected chi connectivity index (χ1v) is 7.11. The summed E-state index contributed by atoms with van der Waals surface area (Å²) in [5, 5.41) is 10.2. The third kappa shape index (κ3) is 3.49. The third-order valence-corrected chi connectivity index (χ3v) is 3.66. The summed E-state index contributed by atoms with van der Waals surface area (Å²) < 4.78 is 5.65. The van der Waals surface area contributed by atoms with Crippen LogP contribution in [0.25, 0.3) is 0 Å². The summed E-state index contributed by atoms with van der Waals surface area (Å²) in [5.74, 6) is 1.22. The van der Waals surface area contributed by atoms with Crippen molar-refractivity contribution in [2.75, 3.05) is 0 Å². The lowest BCUT2D eigenvalue weighted by atomic mass is 9.89. The van der Waals surface area contributed by atoms with Crippen molar-refractivity contribution < 1.29 is 9.84 Å². The first-order chi connectivity index (χ1) is 8.66. The predicted octanol–water partition coefficient (Wildman–Crippen LogP) is 3.88. The van der Waals surface area contributed by atoms with E-state index in [-0.39, 0.29) is 12.2 Å². The van der Waals surface area contributed by atoms with Crippen LogP contribution in [-0.2, 0) is 0 Å². The lowest BCUT2D eigenvalue weighted by Crippen LogP contribution is -2.16. The van der Waals surface area contributed by atoms with Crippen molar-refractivity contribution in [1.29, 1.82) is 0 Å². The zero-order valence-electron chi connectivity index (χ0n) is 11.4. The molecule has 1 aliphatic rings. The molecule has 1 aromatic carbocycles. The van der Waals surface area contributed by atoms with E-state index in [2.05, 4.69) is 12.1 Å². The van der Waals surface area contributed by atoms with Gasteiger partial charge in [-0.15, -0.1) is 0 Å². The summed E-state index contributed by atoms with van der Waals surface area (Å²) in [6.07, 6.45) is 5.71. The van der Waals surface area contributed by atoms with Gasteiger partial charge in [-0.2, -0.15) is 0 Å². The Labute approximate surface area is 110 Å². The van der Waals surface area contributed by atoms with Crippen LogP contribution < -0.4 is 4.74 Å². The van der Waals surface area contributed by atoms with E-state index in [1.165, 1.54) is 18.4 Å². The molecule has 0 amide bonds. The average molecular weight is 248 g/mol. The van der Waals surface area contributed by atoms with Crippen molar-refractivity contribution in [2.45, 2.75) is 64.1 Å². The molecule has 2 nitrogen and oxygen atoms in total. The quantitative estimate of drug-likeness (QED) is 0.822. The van der Waals surface area contributed by atoms with E-state index in [0.29, 0.717) is 5.92 Å². The summed E-state index contributed by atoms with van der Waals surface area (Å²) in [5.41, 5.74) is 1.25. The van der Waals surface area contributed by atoms with Crippen LogP contribution in [0.4, 0.5) is 0 Å². The molecular weight excluding hydrogens is 224 g/mol. The molecule has 0 aliphatic heterocycles. The topological polar surface area (TPSA) is 29.5 Å². The van der Waals surface area contributed by atoms with Gasteiger partial charge in [-0.05, 0) is 44.4 Å². The summed E-state index contributed by atoms with van der Waals surface area (Å²) >= 11 is 0. The first kappa shape index (κ1) is 13.4. The summed E-state index contributed by atoms with van der Waals surface area (Å²) in [7, 11) is 0. The van der Waals surface area contributed by atoms with E-state index in [1.807, 2.05) is 26.0 Å². The van der Waals surface area contributed by atoms with Gasteiger partial charge in [0.05, 0.1) is 12.2 Å². The predicted molar refractivity (Wildman–Crippen MR) is 74.0 cm³/mol. The van der Waals surface area contributed by atoms with E-state index >= 15 is 0 Å². The molecule has 18 heavy (non-hydrogen) atoms. The van der Waals surface area contributed by atoms with Gasteiger partial charge in [-0.1, -0.05) is 31.4 Å². The van der Waals surface area contributed by atoms with Crippen molar-refractivity contribution in [1.82, 2.24) is 0 Å². The lowest BCUT2D eigenvalue weighted by molar-refractivity contribution is 0.135. The second-order valence-corrected chi connectivity index (χ2v) is 5.55. The van der Waals surface area contributed by atoms with Crippen molar-refractivity contribution in [2.24, 2.45) is 0 Å². The van der Waals surface area contributed by atoms with Crippen molar-refractivity contribution in [3.8, 4) is 5.75 Å². The second-order valence-electron chi connectivity index (χ2n) is 5.55. The molecule has 2 rings (SSSR count). The molecule has 1 aromatic rings. The van der Waals surface area contributed by atoms with Crippen LogP contribution in [0.1, 0.15) is 57.4 Å². The number of benzene rings is 1. The van der Waals surface area contributed by atoms with Crippen LogP contribution in [0, 0.1) is 0 Å². The first-order valence-electron chi connectivity index (χ1n) is 7.11. The SMILES string of the molecule is CC(C)Oc1ccc(C2CCCCCC2O)cc1. The number of aliphatic hydroxyl groups excluding tert-OH is 1. The molecule has 0 saturated heterocycles. The van der Waals surface area contributed by atoms with Gasteiger partial charge in [0.25, 0.3) is 0 Å². The van der Waals surface area contributed by atoms with Gasteiger partial charge in [0.1, 0.15) is 5.75 Å². The normalized spacial score (nSPS) is 24.9. The molecule has 0 bridgehead atoms. The van der Waals surface area contributed by atoms with Crippen molar-refractivity contribution >= 4 is 0 Å². The number of ether oxygens (including phenoxy) is 1. The van der Waals surface area contributed by atoms with Crippen LogP contribution in [0.5, 0.6) is 5.75 Å². The Kier molecular flexibility index (Phi) is 4.65. The molecule has 1 saturated carbocycles. The van der Waals surface area contributed by atoms with Gasteiger partial charge in [-0.3, -0.25) is 0 Å². The molecule has 1 N–H and O–H groups in total. The van der Waals surface area contributed by atoms with Crippen LogP contribution >= 0.6 is 0 Å². The zero-order valence-corrected chi connectivity index (χ0v) is 11.4. The molecule has 0 heterocycles. The fraction of sp³-hybridized carbons (Fsp3) is 0.625. The summed E-state index contributed by atoms with van der Waals surface area (Å²) in [6.45, 7) is 4.06. The molecule has 1 fully saturated rings. The molecule has 1 aliphatic carbocycles. The minimum Gasteiger partial charge on any atom is -0.491 e. The maximum Gasteiger partial charge on any atom is 0.119 e. The lowest BCUT2D eigenvalue weighted by Gasteiger charge is -2.21. The van der Waals surface area contributed by atoms with Crippen LogP contribution in [0.2, 0.25) is 0 Å². The Bertz CT molecular complexity index is 356. The van der Waals surface area contributed by atoms with E-state index in [4.69, 9.17) is 4.74 Å². The monoisotopic (exact) mass is 248 g/mol. The highest BCUT2D eigenvalue weighted by molar-refractivity contribution is 5.30. The minimum absolute atomic E-state index is 0.177. The van der Waals surface area contributed by atoms with Gasteiger partial charge in [-0.25, -0.2) is 0 Å². The summed E-state index contributed by atoms with van der Waals surface area (Å²) in [4.78, 5) is 0. The fourth-order valence-electron chi connectivity index (χ4n) is 2.74. The van der Waals surface area contributed by atoms with E-state index in [0.717, 1.165) is 25.0 Å². The van der Waals surface area contributed by atoms with Gasteiger partial charge in [0.2, 0.25) is 0 Å². The largest absolute Gasteiger partial charge is 0.491 e. The fourth-order valence-corrected chi connectivity index (χ4v) is 2.74. The maximum absolute atomic E-state index is 10.2. The molecule has 0 aromatic heterocycles. The Hall–Kier alpha value is -1.02. The highest BCUT2D eigenvalue weighted by Crippen LogP contribution is 2.32. The van der Waals surface area contributed by atoms with E-state index in [1.54, 1.807) is 0 Å². The van der Waals surface area contributed by atoms with Crippen molar-refractivity contribution in [3.05, 3.63) is 29.8 Å². The van der Waals surface area contributed by atoms with Gasteiger partial charge in [0.15, 0.2) is 0 Å². The molecule has 0 spiro atoms. The van der Waals surface area contributed by atoms with Gasteiger partial charge in [0, 0.05) is 5.92 Å². The minimum atomic E-state index is -0.177. The number of hydrogen-bond acceptors (Lipinski definition) is 2. The van der Waals surface area contributed by atoms with Crippen molar-refractivity contribution in [3.63, 3.8) is 0 Å². The van der Waals surface area contributed by atoms with Crippen LogP contribution in [-0.4, -0.2) is 17.3 Å². The molecule has 0 radical (unpaired) electrons. The second kappa shape index (κ2) is 6.24. The van der Waals surface area contributed by atoms with E-state index in [9.17, 15) is 5.11 Å². The van der Waals surface area contributed by atoms with E-state index < -0.39 is 0 Å². The average Bonchev–Trinajstić information content (AvgIpc) is 2.54. The van der Waals surface area contributed by atoms with Crippen LogP contribution in [0.15, 0.2) is 24.3 Å². The van der Waals surface area contributed by atoms with Crippen LogP contribution in [0.3, 0.4) is 0 Å². The zero-order chi connectivity index (χ0) is 13.0. The molecule has 100 valence electrons. The number of rotatable bonds is 3. The number of hydrogen-bond donors (Lipinski definition) is 1. The highest BCUT2D eigenvalue weighted by atomic mass is 16.5. The molecule has 2 atom stereocenters. The van der Waals surface area contributed by atoms with Gasteiger partial charge < -0.3 is 9.84 Å². The Morgan fingerprint density at radius 1 is 1.06 bits per heavy atom. The molecular formula is C16H24O2. The standard InChI is InChI=1S/C16H24O2/c1-12(2)18-14-10-8-13(9-11-14)15-6-4-3-5-7-16(15)17/h8-12,15-17H,3-7H2,1-2H3. The Morgan fingerprint density at radius 2 is 1.72 bits per heavy atom. The Balaban J connectivity index is 2.07. The smallest absolute Gasteiger partial charge is 0.119 e. The molecule has 2 unspecified atom stereocenters. The molecule has 2 heteroatoms.